The maximum atomic E-state index is 12.8. The maximum Gasteiger partial charge on any atom is 0.339 e. The van der Waals surface area contributed by atoms with Gasteiger partial charge in [-0.15, -0.1) is 0 Å². The number of carboxylic acids is 1. The zero-order valence-electron chi connectivity index (χ0n) is 14.7. The number of amides is 1. The van der Waals surface area contributed by atoms with Gasteiger partial charge in [0, 0.05) is 5.02 Å². The lowest BCUT2D eigenvalue weighted by Gasteiger charge is -2.19. The van der Waals surface area contributed by atoms with Crippen LogP contribution in [0.4, 0.5) is 0 Å². The summed E-state index contributed by atoms with van der Waals surface area (Å²) >= 11 is 5.89. The summed E-state index contributed by atoms with van der Waals surface area (Å²) in [5.41, 5.74) is 0.550. The van der Waals surface area contributed by atoms with Crippen molar-refractivity contribution in [1.29, 1.82) is 0 Å². The average Bonchev–Trinajstić information content (AvgIpc) is 2.66. The van der Waals surface area contributed by atoms with E-state index in [0.29, 0.717) is 10.6 Å². The van der Waals surface area contributed by atoms with Gasteiger partial charge in [-0.25, -0.2) is 4.79 Å². The Hall–Kier alpha value is -3.06. The minimum absolute atomic E-state index is 0.0428. The first-order valence-electron chi connectivity index (χ1n) is 7.90. The number of esters is 1. The van der Waals surface area contributed by atoms with Crippen molar-refractivity contribution in [1.82, 2.24) is 5.32 Å². The van der Waals surface area contributed by atoms with Crippen LogP contribution in [0.2, 0.25) is 5.02 Å². The molecule has 0 aliphatic carbocycles. The Morgan fingerprint density at radius 2 is 1.70 bits per heavy atom. The first-order chi connectivity index (χ1) is 12.9. The van der Waals surface area contributed by atoms with E-state index >= 15 is 0 Å². The number of carboxylic acid groups (broad SMARTS) is 1. The number of para-hydroxylation sites is 1. The molecule has 0 spiro atoms. The Morgan fingerprint density at radius 3 is 2.26 bits per heavy atom. The summed E-state index contributed by atoms with van der Waals surface area (Å²) in [6, 6.07) is 10.2. The van der Waals surface area contributed by atoms with Crippen molar-refractivity contribution in [3.05, 3.63) is 64.2 Å². The van der Waals surface area contributed by atoms with Gasteiger partial charge in [-0.05, 0) is 29.8 Å². The smallest absolute Gasteiger partial charge is 0.339 e. The molecule has 27 heavy (non-hydrogen) atoms. The van der Waals surface area contributed by atoms with Crippen molar-refractivity contribution in [3.8, 4) is 5.75 Å². The molecule has 0 heterocycles. The molecular formula is C19H18ClNO6. The highest BCUT2D eigenvalue weighted by Gasteiger charge is 2.24. The van der Waals surface area contributed by atoms with Gasteiger partial charge in [0.15, 0.2) is 0 Å². The number of hydrogen-bond acceptors (Lipinski definition) is 5. The molecule has 0 saturated carbocycles. The van der Waals surface area contributed by atoms with Gasteiger partial charge in [0.2, 0.25) is 0 Å². The highest BCUT2D eigenvalue weighted by atomic mass is 35.5. The number of ether oxygens (including phenoxy) is 2. The predicted octanol–water partition coefficient (Wildman–Crippen LogP) is 3.08. The summed E-state index contributed by atoms with van der Waals surface area (Å²) in [5, 5.41) is 12.5. The third-order valence-electron chi connectivity index (χ3n) is 3.87. The Balaban J connectivity index is 2.36. The van der Waals surface area contributed by atoms with Crippen molar-refractivity contribution in [2.75, 3.05) is 14.2 Å². The number of benzene rings is 2. The molecular weight excluding hydrogens is 374 g/mol. The fraction of sp³-hybridized carbons (Fsp3) is 0.211. The van der Waals surface area contributed by atoms with Crippen molar-refractivity contribution in [3.63, 3.8) is 0 Å². The van der Waals surface area contributed by atoms with Gasteiger partial charge in [-0.1, -0.05) is 29.8 Å². The molecule has 1 atom stereocenters. The maximum absolute atomic E-state index is 12.8. The summed E-state index contributed by atoms with van der Waals surface area (Å²) in [6.07, 6.45) is -0.106. The molecule has 0 radical (unpaired) electrons. The number of carbonyl (C=O) groups excluding carboxylic acids is 2. The summed E-state index contributed by atoms with van der Waals surface area (Å²) in [7, 11) is 2.53. The van der Waals surface area contributed by atoms with E-state index in [-0.39, 0.29) is 23.3 Å². The molecule has 0 aliphatic rings. The van der Waals surface area contributed by atoms with Gasteiger partial charge in [-0.3, -0.25) is 9.59 Å². The molecule has 1 unspecified atom stereocenters. The minimum Gasteiger partial charge on any atom is -0.495 e. The fourth-order valence-electron chi connectivity index (χ4n) is 2.54. The second-order valence-corrected chi connectivity index (χ2v) is 5.99. The first kappa shape index (κ1) is 20.3. The molecule has 0 bridgehead atoms. The zero-order valence-corrected chi connectivity index (χ0v) is 15.4. The van der Waals surface area contributed by atoms with Gasteiger partial charge in [0.25, 0.3) is 5.91 Å². The van der Waals surface area contributed by atoms with E-state index in [2.05, 4.69) is 10.1 Å². The lowest BCUT2D eigenvalue weighted by atomic mass is 10.0. The number of hydrogen-bond donors (Lipinski definition) is 2. The number of methoxy groups -OCH3 is 2. The number of rotatable bonds is 7. The molecule has 0 aliphatic heterocycles. The first-order valence-corrected chi connectivity index (χ1v) is 8.28. The highest BCUT2D eigenvalue weighted by molar-refractivity contribution is 6.30. The van der Waals surface area contributed by atoms with E-state index in [4.69, 9.17) is 16.3 Å². The van der Waals surface area contributed by atoms with Crippen LogP contribution in [0, 0.1) is 0 Å². The van der Waals surface area contributed by atoms with E-state index in [1.165, 1.54) is 32.4 Å². The van der Waals surface area contributed by atoms with E-state index < -0.39 is 23.9 Å². The van der Waals surface area contributed by atoms with Crippen LogP contribution >= 0.6 is 11.6 Å². The van der Waals surface area contributed by atoms with E-state index in [0.717, 1.165) is 0 Å². The van der Waals surface area contributed by atoms with Gasteiger partial charge in [-0.2, -0.15) is 0 Å². The third kappa shape index (κ3) is 4.98. The van der Waals surface area contributed by atoms with Crippen LogP contribution in [0.3, 0.4) is 0 Å². The van der Waals surface area contributed by atoms with Crippen LogP contribution < -0.4 is 10.1 Å². The lowest BCUT2D eigenvalue weighted by Crippen LogP contribution is -2.31. The SMILES string of the molecule is COC(=O)CC(NC(=O)c1cccc(C(=O)O)c1OC)c1ccc(Cl)cc1. The standard InChI is InChI=1S/C19H18ClNO6/c1-26-16(22)10-15(11-6-8-12(20)9-7-11)21-18(23)13-4-3-5-14(19(24)25)17(13)27-2/h3-9,15H,10H2,1-2H3,(H,21,23)(H,24,25). The Kier molecular flexibility index (Phi) is 6.79. The van der Waals surface area contributed by atoms with Crippen LogP contribution in [0.1, 0.15) is 38.7 Å². The normalized spacial score (nSPS) is 11.4. The Bertz CT molecular complexity index is 850. The lowest BCUT2D eigenvalue weighted by molar-refractivity contribution is -0.141. The molecule has 2 N–H and O–H groups in total. The number of aromatic carboxylic acids is 1. The van der Waals surface area contributed by atoms with Crippen molar-refractivity contribution in [2.45, 2.75) is 12.5 Å². The van der Waals surface area contributed by atoms with Crippen LogP contribution in [-0.4, -0.2) is 37.2 Å². The second-order valence-electron chi connectivity index (χ2n) is 5.55. The van der Waals surface area contributed by atoms with E-state index in [1.54, 1.807) is 24.3 Å². The number of carbonyl (C=O) groups is 3. The topological polar surface area (TPSA) is 102 Å². The molecule has 2 aromatic rings. The van der Waals surface area contributed by atoms with Crippen molar-refractivity contribution in [2.24, 2.45) is 0 Å². The third-order valence-corrected chi connectivity index (χ3v) is 4.12. The van der Waals surface area contributed by atoms with Crippen LogP contribution in [0.5, 0.6) is 5.75 Å². The van der Waals surface area contributed by atoms with E-state index in [9.17, 15) is 19.5 Å². The molecule has 8 heteroatoms. The number of nitrogens with one attached hydrogen (secondary N) is 1. The van der Waals surface area contributed by atoms with Crippen molar-refractivity contribution < 1.29 is 29.0 Å². The molecule has 0 aromatic heterocycles. The highest BCUT2D eigenvalue weighted by Crippen LogP contribution is 2.26. The zero-order chi connectivity index (χ0) is 20.0. The Labute approximate surface area is 160 Å². The molecule has 0 saturated heterocycles. The minimum atomic E-state index is -1.22. The quantitative estimate of drug-likeness (QED) is 0.703. The number of halogens is 1. The molecule has 2 rings (SSSR count). The summed E-state index contributed by atoms with van der Waals surface area (Å²) < 4.78 is 9.80. The van der Waals surface area contributed by atoms with Crippen molar-refractivity contribution >= 4 is 29.4 Å². The van der Waals surface area contributed by atoms with Crippen LogP contribution in [-0.2, 0) is 9.53 Å². The molecule has 0 fully saturated rings. The van der Waals surface area contributed by atoms with Gasteiger partial charge < -0.3 is 19.9 Å². The average molecular weight is 392 g/mol. The van der Waals surface area contributed by atoms with E-state index in [1.807, 2.05) is 0 Å². The summed E-state index contributed by atoms with van der Waals surface area (Å²) in [4.78, 5) is 35.8. The summed E-state index contributed by atoms with van der Waals surface area (Å²) in [6.45, 7) is 0. The monoisotopic (exact) mass is 391 g/mol. The molecule has 7 nitrogen and oxygen atoms in total. The van der Waals surface area contributed by atoms with Gasteiger partial charge >= 0.3 is 11.9 Å². The van der Waals surface area contributed by atoms with Crippen LogP contribution in [0.25, 0.3) is 0 Å². The second kappa shape index (κ2) is 9.05. The molecule has 2 aromatic carbocycles. The fourth-order valence-corrected chi connectivity index (χ4v) is 2.66. The largest absolute Gasteiger partial charge is 0.495 e. The molecule has 1 amide bonds. The predicted molar refractivity (Wildman–Crippen MR) is 98.2 cm³/mol. The van der Waals surface area contributed by atoms with Gasteiger partial charge in [0.1, 0.15) is 11.3 Å². The molecule has 142 valence electrons. The van der Waals surface area contributed by atoms with Gasteiger partial charge in [0.05, 0.1) is 32.2 Å². The van der Waals surface area contributed by atoms with Crippen LogP contribution in [0.15, 0.2) is 42.5 Å². The Morgan fingerprint density at radius 1 is 1.07 bits per heavy atom. The summed E-state index contributed by atoms with van der Waals surface area (Å²) in [5.74, 6) is -2.37.